The minimum atomic E-state index is -0.0948. The topological polar surface area (TPSA) is 66.8 Å². The smallest absolute Gasteiger partial charge is 0.255 e. The number of fused-ring (bicyclic) bond motifs is 1. The number of nitriles is 1. The van der Waals surface area contributed by atoms with Gasteiger partial charge in [-0.1, -0.05) is 12.1 Å². The highest BCUT2D eigenvalue weighted by Gasteiger charge is 2.12. The zero-order valence-electron chi connectivity index (χ0n) is 17.6. The lowest BCUT2D eigenvalue weighted by atomic mass is 10.1. The van der Waals surface area contributed by atoms with Gasteiger partial charge < -0.3 is 4.90 Å². The van der Waals surface area contributed by atoms with Crippen LogP contribution in [0.25, 0.3) is 27.7 Å². The molecule has 0 unspecified atom stereocenters. The van der Waals surface area contributed by atoms with E-state index in [9.17, 15) is 4.79 Å². The van der Waals surface area contributed by atoms with E-state index in [0.717, 1.165) is 40.8 Å². The van der Waals surface area contributed by atoms with Gasteiger partial charge in [-0.3, -0.25) is 14.0 Å². The molecular weight excluding hydrogens is 422 g/mol. The van der Waals surface area contributed by atoms with Crippen LogP contribution in [0.3, 0.4) is 0 Å². The van der Waals surface area contributed by atoms with Crippen LogP contribution in [0.15, 0.2) is 71.8 Å². The molecule has 1 fully saturated rings. The van der Waals surface area contributed by atoms with Crippen LogP contribution in [0, 0.1) is 11.3 Å². The highest BCUT2D eigenvalue weighted by Crippen LogP contribution is 2.21. The molecule has 5 rings (SSSR count). The van der Waals surface area contributed by atoms with Gasteiger partial charge in [0, 0.05) is 29.9 Å². The van der Waals surface area contributed by atoms with Crippen molar-refractivity contribution in [2.24, 2.45) is 0 Å². The van der Waals surface area contributed by atoms with Gasteiger partial charge in [0.1, 0.15) is 0 Å². The van der Waals surface area contributed by atoms with E-state index in [0.29, 0.717) is 5.56 Å². The summed E-state index contributed by atoms with van der Waals surface area (Å²) in [5.74, 6) is 0. The molecule has 0 amide bonds. The summed E-state index contributed by atoms with van der Waals surface area (Å²) in [6.07, 6.45) is 6.26. The van der Waals surface area contributed by atoms with Gasteiger partial charge in [0.25, 0.3) is 5.56 Å². The number of benzene rings is 2. The normalized spacial score (nSPS) is 13.7. The van der Waals surface area contributed by atoms with Crippen LogP contribution in [0.4, 0.5) is 0 Å². The fourth-order valence-corrected chi connectivity index (χ4v) is 4.25. The lowest BCUT2D eigenvalue weighted by Gasteiger charge is -2.14. The van der Waals surface area contributed by atoms with E-state index in [4.69, 9.17) is 5.26 Å². The van der Waals surface area contributed by atoms with Gasteiger partial charge in [-0.2, -0.15) is 10.4 Å². The SMILES string of the molecule is Cl.N#Cc1ccc(-c2ccn(-c3ccc4c(cnn4CCN4CCCC4)c3)c(=O)c2)cc1. The molecule has 0 aliphatic carbocycles. The molecule has 1 aliphatic heterocycles. The molecule has 3 heterocycles. The zero-order chi connectivity index (χ0) is 21.2. The van der Waals surface area contributed by atoms with Gasteiger partial charge in [-0.05, 0) is 73.5 Å². The van der Waals surface area contributed by atoms with Crippen LogP contribution in [0.1, 0.15) is 18.4 Å². The van der Waals surface area contributed by atoms with Crippen molar-refractivity contribution in [2.75, 3.05) is 19.6 Å². The number of aromatic nitrogens is 3. The summed E-state index contributed by atoms with van der Waals surface area (Å²) in [4.78, 5) is 15.3. The summed E-state index contributed by atoms with van der Waals surface area (Å²) in [6, 6.07) is 18.9. The number of hydrogen-bond donors (Lipinski definition) is 0. The second kappa shape index (κ2) is 9.39. The third kappa shape index (κ3) is 4.31. The molecule has 1 saturated heterocycles. The molecule has 2 aromatic heterocycles. The van der Waals surface area contributed by atoms with Crippen LogP contribution >= 0.6 is 12.4 Å². The Kier molecular flexibility index (Phi) is 6.40. The Morgan fingerprint density at radius 2 is 1.72 bits per heavy atom. The lowest BCUT2D eigenvalue weighted by Crippen LogP contribution is -2.24. The number of hydrogen-bond acceptors (Lipinski definition) is 4. The van der Waals surface area contributed by atoms with Crippen molar-refractivity contribution in [3.63, 3.8) is 0 Å². The standard InChI is InChI=1S/C25H23N5O.ClH/c26-17-19-3-5-20(6-4-19)21-9-12-29(25(31)16-21)23-7-8-24-22(15-23)18-27-30(24)14-13-28-10-1-2-11-28;/h3-9,12,15-16,18H,1-2,10-11,13-14H2;1H. The molecule has 162 valence electrons. The van der Waals surface area contributed by atoms with Crippen molar-refractivity contribution in [3.05, 3.63) is 82.9 Å². The molecule has 2 aromatic carbocycles. The molecular formula is C25H24ClN5O. The summed E-state index contributed by atoms with van der Waals surface area (Å²) in [6.45, 7) is 4.27. The van der Waals surface area contributed by atoms with Gasteiger partial charge in [-0.25, -0.2) is 0 Å². The Bertz CT molecular complexity index is 1330. The Morgan fingerprint density at radius 3 is 2.44 bits per heavy atom. The number of pyridine rings is 1. The highest BCUT2D eigenvalue weighted by atomic mass is 35.5. The molecule has 7 heteroatoms. The van der Waals surface area contributed by atoms with Crippen molar-refractivity contribution in [1.82, 2.24) is 19.2 Å². The third-order valence-corrected chi connectivity index (χ3v) is 6.00. The van der Waals surface area contributed by atoms with E-state index in [2.05, 4.69) is 16.1 Å². The quantitative estimate of drug-likeness (QED) is 0.460. The number of nitrogens with zero attached hydrogens (tertiary/aromatic N) is 5. The molecule has 0 bridgehead atoms. The van der Waals surface area contributed by atoms with Crippen molar-refractivity contribution < 1.29 is 0 Å². The van der Waals surface area contributed by atoms with Gasteiger partial charge >= 0.3 is 0 Å². The van der Waals surface area contributed by atoms with E-state index in [1.54, 1.807) is 29.0 Å². The van der Waals surface area contributed by atoms with Gasteiger partial charge in [0.05, 0.1) is 29.9 Å². The number of likely N-dealkylation sites (tertiary alicyclic amines) is 1. The Morgan fingerprint density at radius 1 is 0.938 bits per heavy atom. The minimum absolute atomic E-state index is 0. The van der Waals surface area contributed by atoms with E-state index < -0.39 is 0 Å². The first-order chi connectivity index (χ1) is 15.2. The predicted molar refractivity (Wildman–Crippen MR) is 128 cm³/mol. The molecule has 0 radical (unpaired) electrons. The van der Waals surface area contributed by atoms with Crippen LogP contribution < -0.4 is 5.56 Å². The molecule has 1 aliphatic rings. The summed E-state index contributed by atoms with van der Waals surface area (Å²) in [7, 11) is 0. The van der Waals surface area contributed by atoms with E-state index in [1.807, 2.05) is 47.3 Å². The van der Waals surface area contributed by atoms with Crippen LogP contribution in [0.5, 0.6) is 0 Å². The molecule has 6 nitrogen and oxygen atoms in total. The maximum Gasteiger partial charge on any atom is 0.255 e. The Hall–Kier alpha value is -3.40. The summed E-state index contributed by atoms with van der Waals surface area (Å²) >= 11 is 0. The first kappa shape index (κ1) is 21.8. The molecule has 0 N–H and O–H groups in total. The third-order valence-electron chi connectivity index (χ3n) is 6.00. The fourth-order valence-electron chi connectivity index (χ4n) is 4.25. The van der Waals surface area contributed by atoms with Crippen molar-refractivity contribution >= 4 is 23.3 Å². The fraction of sp³-hybridized carbons (Fsp3) is 0.240. The van der Waals surface area contributed by atoms with Crippen molar-refractivity contribution in [1.29, 1.82) is 5.26 Å². The Balaban J connectivity index is 0.00000245. The second-order valence-corrected chi connectivity index (χ2v) is 7.97. The van der Waals surface area contributed by atoms with Crippen LogP contribution in [0.2, 0.25) is 0 Å². The molecule has 32 heavy (non-hydrogen) atoms. The minimum Gasteiger partial charge on any atom is -0.301 e. The van der Waals surface area contributed by atoms with Crippen LogP contribution in [-0.2, 0) is 6.54 Å². The van der Waals surface area contributed by atoms with Gasteiger partial charge in [0.2, 0.25) is 0 Å². The average Bonchev–Trinajstić information content (AvgIpc) is 3.47. The summed E-state index contributed by atoms with van der Waals surface area (Å²) < 4.78 is 3.70. The monoisotopic (exact) mass is 445 g/mol. The summed E-state index contributed by atoms with van der Waals surface area (Å²) in [5, 5.41) is 14.5. The Labute approximate surface area is 192 Å². The maximum atomic E-state index is 12.8. The number of halogens is 1. The van der Waals surface area contributed by atoms with E-state index in [1.165, 1.54) is 25.9 Å². The molecule has 0 saturated carbocycles. The average molecular weight is 446 g/mol. The predicted octanol–water partition coefficient (Wildman–Crippen LogP) is 4.24. The second-order valence-electron chi connectivity index (χ2n) is 7.97. The highest BCUT2D eigenvalue weighted by molar-refractivity contribution is 5.85. The van der Waals surface area contributed by atoms with E-state index >= 15 is 0 Å². The zero-order valence-corrected chi connectivity index (χ0v) is 18.5. The molecule has 0 spiro atoms. The number of rotatable bonds is 5. The first-order valence-electron chi connectivity index (χ1n) is 10.6. The van der Waals surface area contributed by atoms with Gasteiger partial charge in [0.15, 0.2) is 0 Å². The van der Waals surface area contributed by atoms with Crippen molar-refractivity contribution in [3.8, 4) is 22.9 Å². The first-order valence-corrected chi connectivity index (χ1v) is 10.6. The van der Waals surface area contributed by atoms with Crippen molar-refractivity contribution in [2.45, 2.75) is 19.4 Å². The van der Waals surface area contributed by atoms with E-state index in [-0.39, 0.29) is 18.0 Å². The van der Waals surface area contributed by atoms with Gasteiger partial charge in [-0.15, -0.1) is 12.4 Å². The molecule has 0 atom stereocenters. The van der Waals surface area contributed by atoms with Crippen LogP contribution in [-0.4, -0.2) is 38.9 Å². The maximum absolute atomic E-state index is 12.8. The lowest BCUT2D eigenvalue weighted by molar-refractivity contribution is 0.318. The summed E-state index contributed by atoms with van der Waals surface area (Å²) in [5.41, 5.74) is 4.17. The largest absolute Gasteiger partial charge is 0.301 e. The molecule has 4 aromatic rings.